The molecule has 1 heterocycles. The highest BCUT2D eigenvalue weighted by atomic mass is 79.9. The van der Waals surface area contributed by atoms with Gasteiger partial charge in [0.25, 0.3) is 5.56 Å². The molecule has 156 valence electrons. The molecule has 4 aromatic rings. The number of nitrogens with zero attached hydrogens (tertiary/aromatic N) is 1. The van der Waals surface area contributed by atoms with Gasteiger partial charge in [-0.1, -0.05) is 53.5 Å². The zero-order valence-electron chi connectivity index (χ0n) is 16.2. The van der Waals surface area contributed by atoms with Crippen molar-refractivity contribution in [3.63, 3.8) is 0 Å². The SMILES string of the molecule is NC(=O)Cn1c(=O)cc(Br)c2cc(C(c3ccc(Cl)cc3)c3ccc(Cl)cc3)ccc21. The highest BCUT2D eigenvalue weighted by molar-refractivity contribution is 9.10. The highest BCUT2D eigenvalue weighted by Crippen LogP contribution is 2.35. The first-order valence-electron chi connectivity index (χ1n) is 9.46. The van der Waals surface area contributed by atoms with Gasteiger partial charge in [0.1, 0.15) is 6.54 Å². The van der Waals surface area contributed by atoms with Gasteiger partial charge in [0.05, 0.1) is 5.52 Å². The average molecular weight is 516 g/mol. The monoisotopic (exact) mass is 514 g/mol. The van der Waals surface area contributed by atoms with Crippen molar-refractivity contribution in [2.75, 3.05) is 0 Å². The number of benzene rings is 3. The number of hydrogen-bond donors (Lipinski definition) is 1. The van der Waals surface area contributed by atoms with Crippen LogP contribution in [-0.2, 0) is 11.3 Å². The van der Waals surface area contributed by atoms with Crippen LogP contribution in [0.25, 0.3) is 10.9 Å². The molecule has 3 aromatic carbocycles. The van der Waals surface area contributed by atoms with Crippen LogP contribution in [0.2, 0.25) is 10.0 Å². The van der Waals surface area contributed by atoms with Crippen LogP contribution in [0.15, 0.2) is 82.1 Å². The smallest absolute Gasteiger partial charge is 0.252 e. The standard InChI is InChI=1S/C24H17BrCl2N2O2/c25-20-12-23(31)29(13-22(28)30)21-10-5-16(11-19(20)21)24(14-1-6-17(26)7-2-14)15-3-8-18(27)9-4-15/h1-12,24H,13H2,(H2,28,30). The van der Waals surface area contributed by atoms with E-state index in [0.717, 1.165) is 22.1 Å². The molecule has 0 saturated heterocycles. The molecular weight excluding hydrogens is 499 g/mol. The van der Waals surface area contributed by atoms with Crippen LogP contribution in [0.5, 0.6) is 0 Å². The average Bonchev–Trinajstić information content (AvgIpc) is 2.74. The van der Waals surface area contributed by atoms with Gasteiger partial charge in [-0.05, 0) is 69.0 Å². The van der Waals surface area contributed by atoms with E-state index in [0.29, 0.717) is 20.0 Å². The molecule has 1 aromatic heterocycles. The zero-order valence-corrected chi connectivity index (χ0v) is 19.3. The quantitative estimate of drug-likeness (QED) is 0.344. The Morgan fingerprint density at radius 2 is 1.39 bits per heavy atom. The first-order chi connectivity index (χ1) is 14.8. The molecule has 2 N–H and O–H groups in total. The molecule has 0 atom stereocenters. The van der Waals surface area contributed by atoms with Crippen LogP contribution in [0.3, 0.4) is 0 Å². The molecular formula is C24H17BrCl2N2O2. The number of carbonyl (C=O) groups is 1. The Morgan fingerprint density at radius 3 is 1.90 bits per heavy atom. The number of aromatic nitrogens is 1. The molecule has 4 rings (SSSR count). The molecule has 31 heavy (non-hydrogen) atoms. The largest absolute Gasteiger partial charge is 0.368 e. The molecule has 4 nitrogen and oxygen atoms in total. The fraction of sp³-hybridized carbons (Fsp3) is 0.0833. The van der Waals surface area contributed by atoms with Crippen LogP contribution < -0.4 is 11.3 Å². The number of pyridine rings is 1. The minimum atomic E-state index is -0.574. The van der Waals surface area contributed by atoms with Gasteiger partial charge in [-0.2, -0.15) is 0 Å². The highest BCUT2D eigenvalue weighted by Gasteiger charge is 2.19. The van der Waals surface area contributed by atoms with E-state index in [4.69, 9.17) is 28.9 Å². The van der Waals surface area contributed by atoms with Gasteiger partial charge in [0.2, 0.25) is 5.91 Å². The van der Waals surface area contributed by atoms with E-state index >= 15 is 0 Å². The Morgan fingerprint density at radius 1 is 0.871 bits per heavy atom. The van der Waals surface area contributed by atoms with Crippen LogP contribution in [0.4, 0.5) is 0 Å². The van der Waals surface area contributed by atoms with Crippen molar-refractivity contribution in [3.05, 3.63) is 114 Å². The van der Waals surface area contributed by atoms with E-state index in [2.05, 4.69) is 15.9 Å². The first kappa shape index (κ1) is 21.6. The number of amides is 1. The summed E-state index contributed by atoms with van der Waals surface area (Å²) in [6.45, 7) is -0.181. The lowest BCUT2D eigenvalue weighted by atomic mass is 9.84. The molecule has 0 radical (unpaired) electrons. The minimum Gasteiger partial charge on any atom is -0.368 e. The second-order valence-corrected chi connectivity index (χ2v) is 8.92. The van der Waals surface area contributed by atoms with Crippen molar-refractivity contribution in [2.45, 2.75) is 12.5 Å². The third kappa shape index (κ3) is 4.54. The Labute approximate surface area is 197 Å². The summed E-state index contributed by atoms with van der Waals surface area (Å²) in [5.41, 5.74) is 8.82. The Hall–Kier alpha value is -2.60. The summed E-state index contributed by atoms with van der Waals surface area (Å²) in [4.78, 5) is 23.9. The molecule has 0 fully saturated rings. The van der Waals surface area contributed by atoms with Crippen LogP contribution in [0.1, 0.15) is 22.6 Å². The number of fused-ring (bicyclic) bond motifs is 1. The number of primary amides is 1. The predicted octanol–water partition coefficient (Wildman–Crippen LogP) is 5.74. The van der Waals surface area contributed by atoms with Crippen molar-refractivity contribution >= 4 is 55.9 Å². The number of hydrogen-bond acceptors (Lipinski definition) is 2. The Balaban J connectivity index is 1.93. The summed E-state index contributed by atoms with van der Waals surface area (Å²) in [7, 11) is 0. The molecule has 7 heteroatoms. The fourth-order valence-electron chi connectivity index (χ4n) is 3.75. The second-order valence-electron chi connectivity index (χ2n) is 7.20. The molecule has 1 amide bonds. The number of rotatable bonds is 5. The molecule has 0 aliphatic rings. The van der Waals surface area contributed by atoms with Crippen LogP contribution >= 0.6 is 39.1 Å². The van der Waals surface area contributed by atoms with E-state index in [-0.39, 0.29) is 18.0 Å². The van der Waals surface area contributed by atoms with Crippen LogP contribution in [-0.4, -0.2) is 10.5 Å². The first-order valence-corrected chi connectivity index (χ1v) is 11.0. The van der Waals surface area contributed by atoms with Gasteiger partial charge in [0.15, 0.2) is 0 Å². The summed E-state index contributed by atoms with van der Waals surface area (Å²) in [6.07, 6.45) is 0. The summed E-state index contributed by atoms with van der Waals surface area (Å²) in [5.74, 6) is -0.655. The van der Waals surface area contributed by atoms with Crippen molar-refractivity contribution in [1.29, 1.82) is 0 Å². The fourth-order valence-corrected chi connectivity index (χ4v) is 4.51. The molecule has 0 unspecified atom stereocenters. The summed E-state index contributed by atoms with van der Waals surface area (Å²) >= 11 is 15.7. The minimum absolute atomic E-state index is 0.0812. The molecule has 0 spiro atoms. The zero-order chi connectivity index (χ0) is 22.1. The molecule has 0 saturated carbocycles. The van der Waals surface area contributed by atoms with Gasteiger partial charge in [-0.15, -0.1) is 0 Å². The maximum Gasteiger partial charge on any atom is 0.252 e. The van der Waals surface area contributed by atoms with E-state index in [9.17, 15) is 9.59 Å². The predicted molar refractivity (Wildman–Crippen MR) is 129 cm³/mol. The van der Waals surface area contributed by atoms with E-state index < -0.39 is 5.91 Å². The van der Waals surface area contributed by atoms with Crippen LogP contribution in [0, 0.1) is 0 Å². The lowest BCUT2D eigenvalue weighted by Gasteiger charge is -2.20. The van der Waals surface area contributed by atoms with Gasteiger partial charge in [-0.25, -0.2) is 0 Å². The summed E-state index contributed by atoms with van der Waals surface area (Å²) < 4.78 is 2.03. The second kappa shape index (κ2) is 8.87. The van der Waals surface area contributed by atoms with Crippen molar-refractivity contribution in [1.82, 2.24) is 4.57 Å². The van der Waals surface area contributed by atoms with Gasteiger partial charge >= 0.3 is 0 Å². The Kier molecular flexibility index (Phi) is 6.19. The van der Waals surface area contributed by atoms with E-state index in [1.54, 1.807) is 0 Å². The summed E-state index contributed by atoms with van der Waals surface area (Å²) in [5, 5.41) is 2.14. The Bertz CT molecular complexity index is 1290. The lowest BCUT2D eigenvalue weighted by Crippen LogP contribution is -2.28. The molecule has 0 aliphatic heterocycles. The third-order valence-corrected chi connectivity index (χ3v) is 6.30. The van der Waals surface area contributed by atoms with Gasteiger partial charge < -0.3 is 5.73 Å². The molecule has 0 bridgehead atoms. The van der Waals surface area contributed by atoms with Crippen molar-refractivity contribution in [3.8, 4) is 0 Å². The van der Waals surface area contributed by atoms with E-state index in [1.807, 2.05) is 66.7 Å². The van der Waals surface area contributed by atoms with Crippen molar-refractivity contribution in [2.24, 2.45) is 5.73 Å². The van der Waals surface area contributed by atoms with Gasteiger partial charge in [-0.3, -0.25) is 14.2 Å². The van der Waals surface area contributed by atoms with Gasteiger partial charge in [0, 0.05) is 31.9 Å². The number of nitrogens with two attached hydrogens (primary N) is 1. The van der Waals surface area contributed by atoms with E-state index in [1.165, 1.54) is 10.6 Å². The third-order valence-electron chi connectivity index (χ3n) is 5.14. The molecule has 0 aliphatic carbocycles. The normalized spacial score (nSPS) is 11.2. The maximum atomic E-state index is 12.4. The topological polar surface area (TPSA) is 65.1 Å². The van der Waals surface area contributed by atoms with Crippen molar-refractivity contribution < 1.29 is 4.79 Å². The summed E-state index contributed by atoms with van der Waals surface area (Å²) in [6, 6.07) is 22.7. The lowest BCUT2D eigenvalue weighted by molar-refractivity contribution is -0.118. The maximum absolute atomic E-state index is 12.4. The number of halogens is 3. The number of carbonyl (C=O) groups excluding carboxylic acids is 1.